The average molecular weight is 349 g/mol. The van der Waals surface area contributed by atoms with Crippen molar-refractivity contribution < 1.29 is 5.11 Å². The Balaban J connectivity index is 1.60. The molecule has 1 saturated heterocycles. The molecule has 3 rings (SSSR count). The van der Waals surface area contributed by atoms with E-state index in [4.69, 9.17) is 0 Å². The number of phenolic OH excluding ortho intramolecular Hbond substituents is 1. The number of hydrogen-bond acceptors (Lipinski definition) is 5. The lowest BCUT2D eigenvalue weighted by Gasteiger charge is -2.34. The highest BCUT2D eigenvalue weighted by atomic mass is 79.9. The molecule has 0 bridgehead atoms. The van der Waals surface area contributed by atoms with Gasteiger partial charge in [-0.15, -0.1) is 0 Å². The number of rotatable bonds is 3. The van der Waals surface area contributed by atoms with Gasteiger partial charge in [-0.3, -0.25) is 4.90 Å². The SMILES string of the molecule is Oc1ccc(Br)cc1CN1CCN(c2ncccn2)CC1. The summed E-state index contributed by atoms with van der Waals surface area (Å²) in [6, 6.07) is 7.38. The fraction of sp³-hybridized carbons (Fsp3) is 0.333. The van der Waals surface area contributed by atoms with Crippen molar-refractivity contribution in [1.29, 1.82) is 0 Å². The van der Waals surface area contributed by atoms with Crippen LogP contribution >= 0.6 is 15.9 Å². The Bertz CT molecular complexity index is 600. The minimum absolute atomic E-state index is 0.354. The molecular formula is C15H17BrN4O. The van der Waals surface area contributed by atoms with Crippen LogP contribution in [0.2, 0.25) is 0 Å². The summed E-state index contributed by atoms with van der Waals surface area (Å²) in [4.78, 5) is 13.1. The number of anilines is 1. The molecule has 0 atom stereocenters. The highest BCUT2D eigenvalue weighted by Gasteiger charge is 2.19. The molecule has 0 unspecified atom stereocenters. The van der Waals surface area contributed by atoms with Gasteiger partial charge in [0.2, 0.25) is 5.95 Å². The molecule has 21 heavy (non-hydrogen) atoms. The van der Waals surface area contributed by atoms with Gasteiger partial charge >= 0.3 is 0 Å². The molecule has 1 N–H and O–H groups in total. The van der Waals surface area contributed by atoms with E-state index in [0.717, 1.165) is 48.7 Å². The summed E-state index contributed by atoms with van der Waals surface area (Å²) in [5.74, 6) is 1.15. The molecule has 2 heterocycles. The number of halogens is 1. The Kier molecular flexibility index (Phi) is 4.36. The van der Waals surface area contributed by atoms with Crippen molar-refractivity contribution in [1.82, 2.24) is 14.9 Å². The van der Waals surface area contributed by atoms with E-state index >= 15 is 0 Å². The van der Waals surface area contributed by atoms with Gasteiger partial charge in [0.05, 0.1) is 0 Å². The summed E-state index contributed by atoms with van der Waals surface area (Å²) in [5, 5.41) is 9.92. The third kappa shape index (κ3) is 3.51. The first-order chi connectivity index (χ1) is 10.2. The van der Waals surface area contributed by atoms with Gasteiger partial charge in [0.25, 0.3) is 0 Å². The minimum Gasteiger partial charge on any atom is -0.508 e. The van der Waals surface area contributed by atoms with E-state index in [0.29, 0.717) is 5.75 Å². The van der Waals surface area contributed by atoms with Crippen LogP contribution in [0.4, 0.5) is 5.95 Å². The Morgan fingerprint density at radius 3 is 2.52 bits per heavy atom. The predicted octanol–water partition coefficient (Wildman–Crippen LogP) is 2.27. The van der Waals surface area contributed by atoms with Gasteiger partial charge < -0.3 is 10.0 Å². The molecule has 2 aromatic rings. The predicted molar refractivity (Wildman–Crippen MR) is 85.3 cm³/mol. The second kappa shape index (κ2) is 6.41. The number of nitrogens with zero attached hydrogens (tertiary/aromatic N) is 4. The van der Waals surface area contributed by atoms with E-state index in [1.54, 1.807) is 18.5 Å². The number of benzene rings is 1. The van der Waals surface area contributed by atoms with Crippen molar-refractivity contribution in [3.05, 3.63) is 46.7 Å². The summed E-state index contributed by atoms with van der Waals surface area (Å²) >= 11 is 3.45. The zero-order chi connectivity index (χ0) is 14.7. The Labute approximate surface area is 132 Å². The zero-order valence-corrected chi connectivity index (χ0v) is 13.2. The second-order valence-electron chi connectivity index (χ2n) is 5.09. The molecule has 1 aromatic heterocycles. The first-order valence-corrected chi connectivity index (χ1v) is 7.73. The molecule has 0 spiro atoms. The fourth-order valence-electron chi connectivity index (χ4n) is 2.48. The van der Waals surface area contributed by atoms with E-state index in [-0.39, 0.29) is 0 Å². The molecule has 1 aliphatic heterocycles. The van der Waals surface area contributed by atoms with Crippen LogP contribution in [0.3, 0.4) is 0 Å². The van der Waals surface area contributed by atoms with Gasteiger partial charge in [0, 0.05) is 55.2 Å². The van der Waals surface area contributed by atoms with Crippen molar-refractivity contribution in [3.63, 3.8) is 0 Å². The number of phenols is 1. The van der Waals surface area contributed by atoms with Crippen LogP contribution in [0.5, 0.6) is 5.75 Å². The first-order valence-electron chi connectivity index (χ1n) is 6.94. The van der Waals surface area contributed by atoms with Crippen molar-refractivity contribution >= 4 is 21.9 Å². The molecule has 0 aliphatic carbocycles. The largest absolute Gasteiger partial charge is 0.508 e. The lowest BCUT2D eigenvalue weighted by molar-refractivity contribution is 0.245. The van der Waals surface area contributed by atoms with Crippen LogP contribution in [0, 0.1) is 0 Å². The van der Waals surface area contributed by atoms with E-state index in [1.165, 1.54) is 0 Å². The van der Waals surface area contributed by atoms with Gasteiger partial charge in [-0.25, -0.2) is 9.97 Å². The van der Waals surface area contributed by atoms with Gasteiger partial charge in [-0.2, -0.15) is 0 Å². The zero-order valence-electron chi connectivity index (χ0n) is 11.6. The van der Waals surface area contributed by atoms with Crippen LogP contribution in [-0.2, 0) is 6.54 Å². The van der Waals surface area contributed by atoms with Crippen LogP contribution in [0.1, 0.15) is 5.56 Å². The monoisotopic (exact) mass is 348 g/mol. The van der Waals surface area contributed by atoms with E-state index in [2.05, 4.69) is 35.7 Å². The summed E-state index contributed by atoms with van der Waals surface area (Å²) < 4.78 is 0.992. The minimum atomic E-state index is 0.354. The first kappa shape index (κ1) is 14.3. The van der Waals surface area contributed by atoms with Crippen molar-refractivity contribution in [2.24, 2.45) is 0 Å². The number of piperazine rings is 1. The Hall–Kier alpha value is -1.66. The quantitative estimate of drug-likeness (QED) is 0.921. The summed E-state index contributed by atoms with van der Waals surface area (Å²) in [7, 11) is 0. The van der Waals surface area contributed by atoms with Gasteiger partial charge in [0.15, 0.2) is 0 Å². The topological polar surface area (TPSA) is 52.5 Å². The van der Waals surface area contributed by atoms with Crippen LogP contribution in [-0.4, -0.2) is 46.2 Å². The van der Waals surface area contributed by atoms with Crippen LogP contribution in [0.25, 0.3) is 0 Å². The highest BCUT2D eigenvalue weighted by molar-refractivity contribution is 9.10. The standard InChI is InChI=1S/C15H17BrN4O/c16-13-2-3-14(21)12(10-13)11-19-6-8-20(9-7-19)15-17-4-1-5-18-15/h1-5,10,21H,6-9,11H2. The number of aromatic nitrogens is 2. The molecule has 1 fully saturated rings. The smallest absolute Gasteiger partial charge is 0.225 e. The lowest BCUT2D eigenvalue weighted by Crippen LogP contribution is -2.46. The van der Waals surface area contributed by atoms with Gasteiger partial charge in [0.1, 0.15) is 5.75 Å². The summed E-state index contributed by atoms with van der Waals surface area (Å²) in [5.41, 5.74) is 0.953. The molecule has 1 aliphatic rings. The number of hydrogen-bond donors (Lipinski definition) is 1. The molecule has 1 aromatic carbocycles. The summed E-state index contributed by atoms with van der Waals surface area (Å²) in [6.45, 7) is 4.43. The molecule has 0 amide bonds. The maximum absolute atomic E-state index is 9.92. The highest BCUT2D eigenvalue weighted by Crippen LogP contribution is 2.24. The molecule has 6 heteroatoms. The molecule has 0 saturated carbocycles. The fourth-order valence-corrected chi connectivity index (χ4v) is 2.89. The molecule has 0 radical (unpaired) electrons. The maximum Gasteiger partial charge on any atom is 0.225 e. The van der Waals surface area contributed by atoms with Crippen molar-refractivity contribution in [2.75, 3.05) is 31.1 Å². The van der Waals surface area contributed by atoms with E-state index in [9.17, 15) is 5.11 Å². The van der Waals surface area contributed by atoms with Gasteiger partial charge in [-0.05, 0) is 24.3 Å². The third-order valence-corrected chi connectivity index (χ3v) is 4.14. The van der Waals surface area contributed by atoms with Crippen LogP contribution < -0.4 is 4.90 Å². The normalized spacial score (nSPS) is 16.1. The molecule has 5 nitrogen and oxygen atoms in total. The Morgan fingerprint density at radius 2 is 1.81 bits per heavy atom. The maximum atomic E-state index is 9.92. The summed E-state index contributed by atoms with van der Waals surface area (Å²) in [6.07, 6.45) is 3.54. The number of aromatic hydroxyl groups is 1. The average Bonchev–Trinajstić information content (AvgIpc) is 2.53. The second-order valence-corrected chi connectivity index (χ2v) is 6.00. The Morgan fingerprint density at radius 1 is 1.10 bits per heavy atom. The van der Waals surface area contributed by atoms with Crippen molar-refractivity contribution in [3.8, 4) is 5.75 Å². The molecular weight excluding hydrogens is 332 g/mol. The van der Waals surface area contributed by atoms with Crippen LogP contribution in [0.15, 0.2) is 41.1 Å². The third-order valence-electron chi connectivity index (χ3n) is 3.64. The van der Waals surface area contributed by atoms with E-state index in [1.807, 2.05) is 18.2 Å². The molecule has 110 valence electrons. The van der Waals surface area contributed by atoms with Gasteiger partial charge in [-0.1, -0.05) is 15.9 Å². The van der Waals surface area contributed by atoms with Crippen molar-refractivity contribution in [2.45, 2.75) is 6.54 Å². The lowest BCUT2D eigenvalue weighted by atomic mass is 10.1. The van der Waals surface area contributed by atoms with E-state index < -0.39 is 0 Å².